The zero-order chi connectivity index (χ0) is 10.6. The van der Waals surface area contributed by atoms with E-state index in [4.69, 9.17) is 22.0 Å². The lowest BCUT2D eigenvalue weighted by atomic mass is 10.1. The van der Waals surface area contributed by atoms with Crippen molar-refractivity contribution >= 4 is 17.6 Å². The van der Waals surface area contributed by atoms with Gasteiger partial charge in [0.2, 0.25) is 0 Å². The minimum Gasteiger partial charge on any atom is -0.478 e. The van der Waals surface area contributed by atoms with Gasteiger partial charge in [-0.1, -0.05) is 17.7 Å². The highest BCUT2D eigenvalue weighted by molar-refractivity contribution is 6.34. The summed E-state index contributed by atoms with van der Waals surface area (Å²) in [5.41, 5.74) is 0.324. The maximum atomic E-state index is 10.7. The van der Waals surface area contributed by atoms with Crippen LogP contribution in [0.3, 0.4) is 0 Å². The highest BCUT2D eigenvalue weighted by Gasteiger charge is 2.10. The number of halogens is 1. The minimum atomic E-state index is -1.12. The Hall–Kier alpha value is -1.97. The second-order valence-electron chi connectivity index (χ2n) is 2.33. The van der Waals surface area contributed by atoms with Gasteiger partial charge in [0.15, 0.2) is 6.07 Å². The highest BCUT2D eigenvalue weighted by atomic mass is 35.5. The van der Waals surface area contributed by atoms with Crippen LogP contribution in [0.1, 0.15) is 15.9 Å². The second kappa shape index (κ2) is 4.32. The Morgan fingerprint density at radius 3 is 2.79 bits per heavy atom. The third kappa shape index (κ3) is 2.04. The van der Waals surface area contributed by atoms with E-state index in [-0.39, 0.29) is 10.6 Å². The average molecular weight is 206 g/mol. The predicted octanol–water partition coefficient (Wildman–Crippen LogP) is 1.91. The fourth-order valence-electron chi connectivity index (χ4n) is 0.889. The molecule has 4 heteroatoms. The molecule has 0 bridgehead atoms. The molecule has 1 aromatic rings. The van der Waals surface area contributed by atoms with Crippen LogP contribution in [0.2, 0.25) is 5.02 Å². The normalized spacial score (nSPS) is 8.29. The summed E-state index contributed by atoms with van der Waals surface area (Å²) in [5.74, 6) is 3.49. The molecule has 68 valence electrons. The third-order valence-corrected chi connectivity index (χ3v) is 1.89. The van der Waals surface area contributed by atoms with Gasteiger partial charge in [-0.25, -0.2) is 4.79 Å². The van der Waals surface area contributed by atoms with Crippen LogP contribution in [-0.4, -0.2) is 11.1 Å². The van der Waals surface area contributed by atoms with E-state index in [2.05, 4.69) is 11.8 Å². The number of carboxylic acid groups (broad SMARTS) is 1. The van der Waals surface area contributed by atoms with Crippen LogP contribution in [0.5, 0.6) is 0 Å². The molecule has 0 unspecified atom stereocenters. The Morgan fingerprint density at radius 2 is 2.21 bits per heavy atom. The van der Waals surface area contributed by atoms with Crippen molar-refractivity contribution < 1.29 is 9.90 Å². The molecule has 1 rings (SSSR count). The molecule has 0 radical (unpaired) electrons. The fraction of sp³-hybridized carbons (Fsp3) is 0. The van der Waals surface area contributed by atoms with Crippen molar-refractivity contribution in [3.8, 4) is 17.9 Å². The molecule has 0 amide bonds. The molecule has 0 spiro atoms. The molecule has 0 atom stereocenters. The summed E-state index contributed by atoms with van der Waals surface area (Å²) in [5, 5.41) is 17.0. The number of hydrogen-bond donors (Lipinski definition) is 1. The summed E-state index contributed by atoms with van der Waals surface area (Å²) < 4.78 is 0. The molecule has 1 aromatic carbocycles. The molecule has 0 heterocycles. The first-order valence-electron chi connectivity index (χ1n) is 3.58. The lowest BCUT2D eigenvalue weighted by Gasteiger charge is -1.99. The van der Waals surface area contributed by atoms with Gasteiger partial charge in [-0.3, -0.25) is 0 Å². The van der Waals surface area contributed by atoms with Crippen LogP contribution in [0.4, 0.5) is 0 Å². The smallest absolute Gasteiger partial charge is 0.337 e. The third-order valence-electron chi connectivity index (χ3n) is 1.48. The van der Waals surface area contributed by atoms with E-state index in [9.17, 15) is 4.79 Å². The quantitative estimate of drug-likeness (QED) is 0.713. The van der Waals surface area contributed by atoms with Crippen molar-refractivity contribution in [1.82, 2.24) is 0 Å². The molecule has 3 nitrogen and oxygen atoms in total. The maximum Gasteiger partial charge on any atom is 0.337 e. The number of carboxylic acids is 1. The van der Waals surface area contributed by atoms with E-state index in [1.54, 1.807) is 12.1 Å². The number of carbonyl (C=O) groups is 1. The van der Waals surface area contributed by atoms with E-state index in [1.165, 1.54) is 12.1 Å². The van der Waals surface area contributed by atoms with E-state index >= 15 is 0 Å². The number of aromatic carboxylic acids is 1. The van der Waals surface area contributed by atoms with Gasteiger partial charge >= 0.3 is 5.97 Å². The van der Waals surface area contributed by atoms with Gasteiger partial charge in [-0.2, -0.15) is 5.26 Å². The predicted molar refractivity (Wildman–Crippen MR) is 50.9 cm³/mol. The summed E-state index contributed by atoms with van der Waals surface area (Å²) in [6, 6.07) is 6.08. The van der Waals surface area contributed by atoms with E-state index < -0.39 is 5.97 Å². The first kappa shape index (κ1) is 10.1. The Morgan fingerprint density at radius 1 is 1.50 bits per heavy atom. The van der Waals surface area contributed by atoms with Gasteiger partial charge in [0.05, 0.1) is 10.6 Å². The van der Waals surface area contributed by atoms with Gasteiger partial charge in [-0.15, -0.1) is 0 Å². The molecule has 0 aliphatic carbocycles. The summed E-state index contributed by atoms with van der Waals surface area (Å²) in [6.45, 7) is 0. The Labute approximate surface area is 85.5 Å². The number of benzene rings is 1. The molecule has 0 aromatic heterocycles. The number of rotatable bonds is 1. The van der Waals surface area contributed by atoms with E-state index in [1.807, 2.05) is 0 Å². The van der Waals surface area contributed by atoms with E-state index in [0.717, 1.165) is 0 Å². The van der Waals surface area contributed by atoms with Crippen molar-refractivity contribution in [2.24, 2.45) is 0 Å². The van der Waals surface area contributed by atoms with Gasteiger partial charge in [0.1, 0.15) is 0 Å². The SMILES string of the molecule is N#CC#Cc1cccc(C(=O)O)c1Cl. The van der Waals surface area contributed by atoms with Crippen molar-refractivity contribution in [3.05, 3.63) is 34.3 Å². The van der Waals surface area contributed by atoms with Gasteiger partial charge in [0, 0.05) is 11.5 Å². The molecule has 0 aliphatic rings. The Bertz CT molecular complexity index is 477. The molecule has 0 fully saturated rings. The van der Waals surface area contributed by atoms with Crippen LogP contribution in [0.25, 0.3) is 0 Å². The zero-order valence-corrected chi connectivity index (χ0v) is 7.67. The Kier molecular flexibility index (Phi) is 3.12. The fourth-order valence-corrected chi connectivity index (χ4v) is 1.14. The van der Waals surface area contributed by atoms with Crippen LogP contribution in [0.15, 0.2) is 18.2 Å². The molecule has 0 saturated heterocycles. The molecule has 14 heavy (non-hydrogen) atoms. The van der Waals surface area contributed by atoms with Crippen LogP contribution in [0, 0.1) is 23.2 Å². The van der Waals surface area contributed by atoms with Crippen LogP contribution < -0.4 is 0 Å². The van der Waals surface area contributed by atoms with Crippen molar-refractivity contribution in [2.45, 2.75) is 0 Å². The molecular formula is C10H4ClNO2. The van der Waals surface area contributed by atoms with Crippen molar-refractivity contribution in [1.29, 1.82) is 5.26 Å². The maximum absolute atomic E-state index is 10.7. The van der Waals surface area contributed by atoms with Gasteiger partial charge in [0.25, 0.3) is 0 Å². The monoisotopic (exact) mass is 205 g/mol. The topological polar surface area (TPSA) is 61.1 Å². The number of hydrogen-bond acceptors (Lipinski definition) is 2. The first-order valence-corrected chi connectivity index (χ1v) is 3.96. The highest BCUT2D eigenvalue weighted by Crippen LogP contribution is 2.20. The molecule has 0 aliphatic heterocycles. The summed E-state index contributed by atoms with van der Waals surface area (Å²) in [7, 11) is 0. The largest absolute Gasteiger partial charge is 0.478 e. The first-order chi connectivity index (χ1) is 6.66. The van der Waals surface area contributed by atoms with Crippen molar-refractivity contribution in [3.63, 3.8) is 0 Å². The van der Waals surface area contributed by atoms with Crippen molar-refractivity contribution in [2.75, 3.05) is 0 Å². The minimum absolute atomic E-state index is 0.0172. The van der Waals surface area contributed by atoms with Crippen LogP contribution >= 0.6 is 11.6 Å². The summed E-state index contributed by atoms with van der Waals surface area (Å²) >= 11 is 5.75. The van der Waals surface area contributed by atoms with E-state index in [0.29, 0.717) is 5.56 Å². The molecular weight excluding hydrogens is 202 g/mol. The summed E-state index contributed by atoms with van der Waals surface area (Å²) in [4.78, 5) is 10.7. The zero-order valence-electron chi connectivity index (χ0n) is 6.91. The lowest BCUT2D eigenvalue weighted by molar-refractivity contribution is 0.0697. The Balaban J connectivity index is 3.29. The molecule has 1 N–H and O–H groups in total. The number of nitrogens with zero attached hydrogens (tertiary/aromatic N) is 1. The standard InChI is InChI=1S/C10H4ClNO2/c11-9-7(4-2-6-12)3-1-5-8(9)10(13)14/h1,3,5H,(H,13,14). The van der Waals surface area contributed by atoms with Gasteiger partial charge in [-0.05, 0) is 18.1 Å². The van der Waals surface area contributed by atoms with Crippen LogP contribution in [-0.2, 0) is 0 Å². The second-order valence-corrected chi connectivity index (χ2v) is 2.71. The average Bonchev–Trinajstić information content (AvgIpc) is 2.16. The number of nitriles is 1. The summed E-state index contributed by atoms with van der Waals surface area (Å²) in [6.07, 6.45) is 0. The lowest BCUT2D eigenvalue weighted by Crippen LogP contribution is -1.98. The molecule has 0 saturated carbocycles. The van der Waals surface area contributed by atoms with Gasteiger partial charge < -0.3 is 5.11 Å².